The lowest BCUT2D eigenvalue weighted by Gasteiger charge is -2.05. The van der Waals surface area contributed by atoms with Crippen LogP contribution in [0.1, 0.15) is 38.3 Å². The molecule has 0 spiro atoms. The van der Waals surface area contributed by atoms with Gasteiger partial charge < -0.3 is 14.7 Å². The van der Waals surface area contributed by atoms with Gasteiger partial charge in [-0.3, -0.25) is 0 Å². The maximum Gasteiger partial charge on any atom is 0.177 e. The summed E-state index contributed by atoms with van der Waals surface area (Å²) in [7, 11) is 0. The van der Waals surface area contributed by atoms with Crippen LogP contribution in [0.3, 0.4) is 0 Å². The molecule has 0 amide bonds. The van der Waals surface area contributed by atoms with Gasteiger partial charge in [0.1, 0.15) is 0 Å². The lowest BCUT2D eigenvalue weighted by Crippen LogP contribution is -2.03. The number of aromatic amines is 1. The average Bonchev–Trinajstić information content (AvgIpc) is 2.55. The first kappa shape index (κ1) is 11.5. The molecule has 0 aliphatic carbocycles. The fourth-order valence-electron chi connectivity index (χ4n) is 1.50. The van der Waals surface area contributed by atoms with E-state index in [-0.39, 0.29) is 6.61 Å². The van der Waals surface area contributed by atoms with Crippen LogP contribution in [0.5, 0.6) is 0 Å². The summed E-state index contributed by atoms with van der Waals surface area (Å²) in [6.07, 6.45) is 6.65. The van der Waals surface area contributed by atoms with Crippen molar-refractivity contribution in [2.45, 2.75) is 45.8 Å². The highest BCUT2D eigenvalue weighted by Gasteiger charge is 2.01. The Kier molecular flexibility index (Phi) is 4.90. The van der Waals surface area contributed by atoms with E-state index in [4.69, 9.17) is 17.3 Å². The largest absolute Gasteiger partial charge is 0.390 e. The summed E-state index contributed by atoms with van der Waals surface area (Å²) in [5.74, 6) is 0. The van der Waals surface area contributed by atoms with Crippen LogP contribution in [0.4, 0.5) is 0 Å². The maximum atomic E-state index is 9.05. The van der Waals surface area contributed by atoms with Gasteiger partial charge >= 0.3 is 0 Å². The second-order valence-corrected chi connectivity index (χ2v) is 3.84. The summed E-state index contributed by atoms with van der Waals surface area (Å²) in [5, 5.41) is 9.05. The number of aliphatic hydroxyl groups excluding tert-OH is 1. The Labute approximate surface area is 89.8 Å². The van der Waals surface area contributed by atoms with E-state index in [1.165, 1.54) is 19.3 Å². The molecule has 0 saturated heterocycles. The number of rotatable bonds is 6. The number of aliphatic hydroxyl groups is 1. The molecule has 1 heterocycles. The first-order valence-corrected chi connectivity index (χ1v) is 5.58. The van der Waals surface area contributed by atoms with E-state index >= 15 is 0 Å². The summed E-state index contributed by atoms with van der Waals surface area (Å²) in [5.41, 5.74) is 0.881. The van der Waals surface area contributed by atoms with E-state index in [0.717, 1.165) is 18.7 Å². The minimum absolute atomic E-state index is 0.0565. The minimum Gasteiger partial charge on any atom is -0.390 e. The Balaban J connectivity index is 2.48. The van der Waals surface area contributed by atoms with Crippen LogP contribution in [0.2, 0.25) is 0 Å². The molecule has 0 fully saturated rings. The minimum atomic E-state index is 0.0565. The maximum absolute atomic E-state index is 9.05. The molecule has 0 aromatic carbocycles. The topological polar surface area (TPSA) is 41.0 Å². The number of unbranched alkanes of at least 4 members (excludes halogenated alkanes) is 3. The highest BCUT2D eigenvalue weighted by Crippen LogP contribution is 2.06. The predicted molar refractivity (Wildman–Crippen MR) is 59.7 cm³/mol. The molecule has 1 aromatic rings. The molecule has 1 rings (SSSR count). The van der Waals surface area contributed by atoms with Gasteiger partial charge in [0.15, 0.2) is 4.77 Å². The van der Waals surface area contributed by atoms with Gasteiger partial charge in [0.05, 0.1) is 12.3 Å². The van der Waals surface area contributed by atoms with Crippen molar-refractivity contribution >= 4 is 12.2 Å². The fraction of sp³-hybridized carbons (Fsp3) is 0.700. The Morgan fingerprint density at radius 3 is 2.86 bits per heavy atom. The average molecular weight is 214 g/mol. The molecule has 0 atom stereocenters. The van der Waals surface area contributed by atoms with Crippen molar-refractivity contribution in [3.8, 4) is 0 Å². The molecule has 3 nitrogen and oxygen atoms in total. The standard InChI is InChI=1S/C10H18N2OS/c1-2-3-4-5-6-12-9(8-13)7-11-10(12)14/h7,13H,2-6,8H2,1H3,(H,11,14). The van der Waals surface area contributed by atoms with E-state index < -0.39 is 0 Å². The first-order valence-electron chi connectivity index (χ1n) is 5.17. The molecular formula is C10H18N2OS. The third-order valence-electron chi connectivity index (χ3n) is 2.35. The van der Waals surface area contributed by atoms with Crippen LogP contribution < -0.4 is 0 Å². The van der Waals surface area contributed by atoms with Gasteiger partial charge in [-0.2, -0.15) is 0 Å². The second kappa shape index (κ2) is 5.98. The second-order valence-electron chi connectivity index (χ2n) is 3.46. The molecule has 0 aliphatic rings. The highest BCUT2D eigenvalue weighted by atomic mass is 32.1. The summed E-state index contributed by atoms with van der Waals surface area (Å²) in [6.45, 7) is 3.17. The van der Waals surface area contributed by atoms with Crippen LogP contribution in [0.25, 0.3) is 0 Å². The third kappa shape index (κ3) is 2.96. The number of hydrogen-bond donors (Lipinski definition) is 2. The van der Waals surface area contributed by atoms with Crippen LogP contribution in [-0.4, -0.2) is 14.7 Å². The number of H-pyrrole nitrogens is 1. The molecule has 0 saturated carbocycles. The number of nitrogens with one attached hydrogen (secondary N) is 1. The van der Waals surface area contributed by atoms with Crippen LogP contribution in [0.15, 0.2) is 6.20 Å². The summed E-state index contributed by atoms with van der Waals surface area (Å²) in [6, 6.07) is 0. The molecular weight excluding hydrogens is 196 g/mol. The zero-order valence-electron chi connectivity index (χ0n) is 8.62. The normalized spacial score (nSPS) is 10.7. The smallest absolute Gasteiger partial charge is 0.177 e. The van der Waals surface area contributed by atoms with Gasteiger partial charge in [-0.25, -0.2) is 0 Å². The molecule has 0 unspecified atom stereocenters. The molecule has 0 bridgehead atoms. The van der Waals surface area contributed by atoms with Crippen LogP contribution >= 0.6 is 12.2 Å². The number of nitrogens with zero attached hydrogens (tertiary/aromatic N) is 1. The molecule has 80 valence electrons. The molecule has 14 heavy (non-hydrogen) atoms. The van der Waals surface area contributed by atoms with Gasteiger partial charge in [-0.15, -0.1) is 0 Å². The van der Waals surface area contributed by atoms with Gasteiger partial charge in [0.2, 0.25) is 0 Å². The molecule has 2 N–H and O–H groups in total. The Bertz CT molecular complexity index is 316. The first-order chi connectivity index (χ1) is 6.79. The van der Waals surface area contributed by atoms with Crippen molar-refractivity contribution in [3.05, 3.63) is 16.7 Å². The lowest BCUT2D eigenvalue weighted by atomic mass is 10.2. The summed E-state index contributed by atoms with van der Waals surface area (Å²) < 4.78 is 2.69. The van der Waals surface area contributed by atoms with Crippen molar-refractivity contribution in [1.82, 2.24) is 9.55 Å². The van der Waals surface area contributed by atoms with E-state index in [9.17, 15) is 0 Å². The molecule has 4 heteroatoms. The van der Waals surface area contributed by atoms with E-state index in [0.29, 0.717) is 4.77 Å². The zero-order chi connectivity index (χ0) is 10.4. The van der Waals surface area contributed by atoms with Gasteiger partial charge in [0, 0.05) is 12.7 Å². The van der Waals surface area contributed by atoms with Crippen molar-refractivity contribution in [2.24, 2.45) is 0 Å². The Hall–Kier alpha value is -0.610. The number of imidazole rings is 1. The summed E-state index contributed by atoms with van der Waals surface area (Å²) in [4.78, 5) is 2.95. The van der Waals surface area contributed by atoms with Gasteiger partial charge in [-0.1, -0.05) is 26.2 Å². The summed E-state index contributed by atoms with van der Waals surface area (Å²) >= 11 is 5.11. The van der Waals surface area contributed by atoms with Crippen molar-refractivity contribution in [1.29, 1.82) is 0 Å². The number of hydrogen-bond acceptors (Lipinski definition) is 2. The Morgan fingerprint density at radius 2 is 2.21 bits per heavy atom. The zero-order valence-corrected chi connectivity index (χ0v) is 9.44. The quantitative estimate of drug-likeness (QED) is 0.564. The third-order valence-corrected chi connectivity index (χ3v) is 2.69. The van der Waals surface area contributed by atoms with E-state index in [2.05, 4.69) is 11.9 Å². The molecule has 0 aliphatic heterocycles. The van der Waals surface area contributed by atoms with Gasteiger partial charge in [-0.05, 0) is 18.6 Å². The fourth-order valence-corrected chi connectivity index (χ4v) is 1.77. The van der Waals surface area contributed by atoms with E-state index in [1.807, 2.05) is 4.57 Å². The van der Waals surface area contributed by atoms with Gasteiger partial charge in [0.25, 0.3) is 0 Å². The van der Waals surface area contributed by atoms with Crippen molar-refractivity contribution in [2.75, 3.05) is 0 Å². The van der Waals surface area contributed by atoms with Crippen molar-refractivity contribution < 1.29 is 5.11 Å². The van der Waals surface area contributed by atoms with Crippen LogP contribution in [0, 0.1) is 4.77 Å². The Morgan fingerprint density at radius 1 is 1.43 bits per heavy atom. The molecule has 0 radical (unpaired) electrons. The van der Waals surface area contributed by atoms with Crippen molar-refractivity contribution in [3.63, 3.8) is 0 Å². The van der Waals surface area contributed by atoms with Crippen LogP contribution in [-0.2, 0) is 13.2 Å². The molecule has 1 aromatic heterocycles. The lowest BCUT2D eigenvalue weighted by molar-refractivity contribution is 0.269. The monoisotopic (exact) mass is 214 g/mol. The predicted octanol–water partition coefficient (Wildman–Crippen LogP) is 2.62. The highest BCUT2D eigenvalue weighted by molar-refractivity contribution is 7.71. The number of aromatic nitrogens is 2. The van der Waals surface area contributed by atoms with E-state index in [1.54, 1.807) is 6.20 Å². The SMILES string of the molecule is CCCCCCn1c(CO)c[nH]c1=S.